The van der Waals surface area contributed by atoms with Crippen molar-refractivity contribution in [1.29, 1.82) is 0 Å². The average molecular weight is 489 g/mol. The SMILES string of the molecule is CN1C(=O)C(=Cc2ccc(OC(=O)c3sc4cccc(Cl)c4c3Cl)cc2)C(=O)N(C)C1=O. The molecule has 162 valence electrons. The van der Waals surface area contributed by atoms with Gasteiger partial charge in [-0.3, -0.25) is 19.4 Å². The first-order valence-corrected chi connectivity index (χ1v) is 10.8. The van der Waals surface area contributed by atoms with Gasteiger partial charge >= 0.3 is 12.0 Å². The lowest BCUT2D eigenvalue weighted by molar-refractivity contribution is -0.134. The van der Waals surface area contributed by atoms with Crippen molar-refractivity contribution in [1.82, 2.24) is 9.80 Å². The van der Waals surface area contributed by atoms with E-state index in [1.165, 1.54) is 43.6 Å². The van der Waals surface area contributed by atoms with Gasteiger partial charge in [0.15, 0.2) is 0 Å². The summed E-state index contributed by atoms with van der Waals surface area (Å²) in [6.07, 6.45) is 1.38. The largest absolute Gasteiger partial charge is 0.422 e. The first-order valence-electron chi connectivity index (χ1n) is 9.19. The minimum Gasteiger partial charge on any atom is -0.422 e. The number of thiophene rings is 1. The Balaban J connectivity index is 1.55. The van der Waals surface area contributed by atoms with Crippen LogP contribution < -0.4 is 4.74 Å². The first-order chi connectivity index (χ1) is 15.2. The Morgan fingerprint density at radius 1 is 0.969 bits per heavy atom. The smallest absolute Gasteiger partial charge is 0.355 e. The molecule has 1 aliphatic rings. The van der Waals surface area contributed by atoms with Gasteiger partial charge in [0.05, 0.1) is 10.0 Å². The molecule has 7 nitrogen and oxygen atoms in total. The number of imide groups is 2. The number of nitrogens with zero attached hydrogens (tertiary/aromatic N) is 2. The monoisotopic (exact) mass is 488 g/mol. The third-order valence-electron chi connectivity index (χ3n) is 4.84. The average Bonchev–Trinajstić information content (AvgIpc) is 3.13. The van der Waals surface area contributed by atoms with Crippen LogP contribution in [0, 0.1) is 0 Å². The number of urea groups is 1. The zero-order valence-electron chi connectivity index (χ0n) is 16.7. The van der Waals surface area contributed by atoms with Crippen LogP contribution in [0.15, 0.2) is 48.0 Å². The standard InChI is InChI=1S/C22H14Cl2N2O5S/c1-25-19(27)13(20(28)26(2)22(25)30)10-11-6-8-12(9-7-11)31-21(29)18-17(24)16-14(23)4-3-5-15(16)32-18/h3-10H,1-2H3. The van der Waals surface area contributed by atoms with Gasteiger partial charge in [-0.2, -0.15) is 0 Å². The van der Waals surface area contributed by atoms with Gasteiger partial charge in [0.1, 0.15) is 16.2 Å². The highest BCUT2D eigenvalue weighted by Gasteiger charge is 2.37. The number of esters is 1. The molecule has 0 atom stereocenters. The quantitative estimate of drug-likeness (QED) is 0.227. The van der Waals surface area contributed by atoms with E-state index < -0.39 is 23.8 Å². The van der Waals surface area contributed by atoms with Crippen LogP contribution in [-0.4, -0.2) is 47.7 Å². The molecule has 1 aliphatic heterocycles. The van der Waals surface area contributed by atoms with Crippen molar-refractivity contribution < 1.29 is 23.9 Å². The zero-order chi connectivity index (χ0) is 23.2. The Hall–Kier alpha value is -3.20. The fraction of sp³-hybridized carbons (Fsp3) is 0.0909. The molecule has 1 saturated heterocycles. The highest BCUT2D eigenvalue weighted by atomic mass is 35.5. The number of carbonyl (C=O) groups is 4. The fourth-order valence-corrected chi connectivity index (χ4v) is 4.95. The van der Waals surface area contributed by atoms with Gasteiger partial charge in [-0.1, -0.05) is 41.4 Å². The van der Waals surface area contributed by atoms with E-state index in [1.807, 2.05) is 6.07 Å². The number of likely N-dealkylation sites (N-methyl/N-ethyl adjacent to an activating group) is 2. The molecule has 0 aliphatic carbocycles. The lowest BCUT2D eigenvalue weighted by atomic mass is 10.1. The predicted molar refractivity (Wildman–Crippen MR) is 122 cm³/mol. The van der Waals surface area contributed by atoms with E-state index in [4.69, 9.17) is 27.9 Å². The van der Waals surface area contributed by atoms with Crippen molar-refractivity contribution in [2.75, 3.05) is 14.1 Å². The summed E-state index contributed by atoms with van der Waals surface area (Å²) in [5.41, 5.74) is 0.373. The van der Waals surface area contributed by atoms with E-state index in [-0.39, 0.29) is 21.2 Å². The molecule has 0 radical (unpaired) electrons. The Labute approximate surface area is 196 Å². The van der Waals surface area contributed by atoms with Crippen LogP contribution in [0.5, 0.6) is 5.75 Å². The third-order valence-corrected chi connectivity index (χ3v) is 6.78. The van der Waals surface area contributed by atoms with Gasteiger partial charge in [-0.15, -0.1) is 11.3 Å². The highest BCUT2D eigenvalue weighted by Crippen LogP contribution is 2.39. The van der Waals surface area contributed by atoms with Gasteiger partial charge in [-0.25, -0.2) is 9.59 Å². The van der Waals surface area contributed by atoms with Crippen LogP contribution in [0.25, 0.3) is 16.2 Å². The Kier molecular flexibility index (Phi) is 5.77. The van der Waals surface area contributed by atoms with E-state index in [1.54, 1.807) is 24.3 Å². The minimum atomic E-state index is -0.694. The summed E-state index contributed by atoms with van der Waals surface area (Å²) >= 11 is 13.7. The molecule has 3 aromatic rings. The minimum absolute atomic E-state index is 0.145. The molecule has 0 bridgehead atoms. The fourth-order valence-electron chi connectivity index (χ4n) is 3.13. The predicted octanol–water partition coefficient (Wildman–Crippen LogP) is 4.86. The van der Waals surface area contributed by atoms with Gasteiger partial charge in [0, 0.05) is 24.2 Å². The Bertz CT molecular complexity index is 1300. The van der Waals surface area contributed by atoms with Crippen LogP contribution in [0.2, 0.25) is 10.0 Å². The Morgan fingerprint density at radius 3 is 2.19 bits per heavy atom. The molecule has 32 heavy (non-hydrogen) atoms. The molecule has 0 N–H and O–H groups in total. The molecule has 0 unspecified atom stereocenters. The van der Waals surface area contributed by atoms with Crippen molar-refractivity contribution in [3.8, 4) is 5.75 Å². The second-order valence-corrected chi connectivity index (χ2v) is 8.72. The van der Waals surface area contributed by atoms with Gasteiger partial charge in [0.2, 0.25) is 0 Å². The van der Waals surface area contributed by atoms with Gasteiger partial charge in [0.25, 0.3) is 11.8 Å². The molecule has 1 aromatic heterocycles. The van der Waals surface area contributed by atoms with E-state index in [9.17, 15) is 19.2 Å². The summed E-state index contributed by atoms with van der Waals surface area (Å²) in [6.45, 7) is 0. The molecule has 0 spiro atoms. The number of benzene rings is 2. The number of rotatable bonds is 3. The van der Waals surface area contributed by atoms with Crippen molar-refractivity contribution in [3.63, 3.8) is 0 Å². The Morgan fingerprint density at radius 2 is 1.59 bits per heavy atom. The van der Waals surface area contributed by atoms with E-state index in [2.05, 4.69) is 0 Å². The number of amides is 4. The number of hydrogen-bond donors (Lipinski definition) is 0. The summed E-state index contributed by atoms with van der Waals surface area (Å²) in [4.78, 5) is 51.0. The van der Waals surface area contributed by atoms with E-state index >= 15 is 0 Å². The number of hydrogen-bond acceptors (Lipinski definition) is 6. The van der Waals surface area contributed by atoms with E-state index in [0.717, 1.165) is 14.5 Å². The van der Waals surface area contributed by atoms with Crippen molar-refractivity contribution in [2.45, 2.75) is 0 Å². The van der Waals surface area contributed by atoms with Crippen molar-refractivity contribution in [3.05, 3.63) is 68.5 Å². The molecular weight excluding hydrogens is 475 g/mol. The summed E-state index contributed by atoms with van der Waals surface area (Å²) in [5, 5.41) is 1.29. The molecule has 4 rings (SSSR count). The molecule has 10 heteroatoms. The summed E-state index contributed by atoms with van der Waals surface area (Å²) in [5.74, 6) is -1.75. The number of ether oxygens (including phenoxy) is 1. The topological polar surface area (TPSA) is 84.0 Å². The van der Waals surface area contributed by atoms with Crippen LogP contribution in [0.3, 0.4) is 0 Å². The maximum Gasteiger partial charge on any atom is 0.355 e. The maximum atomic E-state index is 12.6. The van der Waals surface area contributed by atoms with Crippen LogP contribution >= 0.6 is 34.5 Å². The summed E-state index contributed by atoms with van der Waals surface area (Å²) in [6, 6.07) is 10.8. The molecular formula is C22H14Cl2N2O5S. The first kappa shape index (κ1) is 22.0. The molecule has 4 amide bonds. The zero-order valence-corrected chi connectivity index (χ0v) is 19.0. The number of fused-ring (bicyclic) bond motifs is 1. The number of barbiturate groups is 1. The van der Waals surface area contributed by atoms with Gasteiger partial charge in [-0.05, 0) is 35.9 Å². The maximum absolute atomic E-state index is 12.6. The molecule has 2 heterocycles. The summed E-state index contributed by atoms with van der Waals surface area (Å²) in [7, 11) is 2.60. The second kappa shape index (κ2) is 8.38. The normalized spacial score (nSPS) is 14.4. The third kappa shape index (κ3) is 3.77. The molecule has 1 fully saturated rings. The molecule has 0 saturated carbocycles. The van der Waals surface area contributed by atoms with E-state index in [0.29, 0.717) is 16.0 Å². The lowest BCUT2D eigenvalue weighted by Crippen LogP contribution is -2.52. The highest BCUT2D eigenvalue weighted by molar-refractivity contribution is 7.21. The molecule has 2 aromatic carbocycles. The number of halogens is 2. The van der Waals surface area contributed by atoms with Crippen LogP contribution in [-0.2, 0) is 9.59 Å². The lowest BCUT2D eigenvalue weighted by Gasteiger charge is -2.28. The second-order valence-electron chi connectivity index (χ2n) is 6.89. The van der Waals surface area contributed by atoms with Crippen molar-refractivity contribution in [2.24, 2.45) is 0 Å². The summed E-state index contributed by atoms with van der Waals surface area (Å²) < 4.78 is 6.18. The van der Waals surface area contributed by atoms with Crippen LogP contribution in [0.1, 0.15) is 15.2 Å². The van der Waals surface area contributed by atoms with Crippen LogP contribution in [0.4, 0.5) is 4.79 Å². The number of carbonyl (C=O) groups excluding carboxylic acids is 4. The van der Waals surface area contributed by atoms with Crippen molar-refractivity contribution >= 4 is 74.5 Å². The van der Waals surface area contributed by atoms with Gasteiger partial charge < -0.3 is 4.74 Å².